The monoisotopic (exact) mass is 283 g/mol. The summed E-state index contributed by atoms with van der Waals surface area (Å²) < 4.78 is 1.56. The molecule has 0 unspecified atom stereocenters. The van der Waals surface area contributed by atoms with Crippen LogP contribution in [0.5, 0.6) is 0 Å². The van der Waals surface area contributed by atoms with Crippen LogP contribution >= 0.6 is 11.3 Å². The van der Waals surface area contributed by atoms with Crippen molar-refractivity contribution in [3.8, 4) is 0 Å². The minimum Gasteiger partial charge on any atom is -0.339 e. The van der Waals surface area contributed by atoms with Gasteiger partial charge in [-0.25, -0.2) is 0 Å². The van der Waals surface area contributed by atoms with Crippen LogP contribution in [0.2, 0.25) is 0 Å². The van der Waals surface area contributed by atoms with Gasteiger partial charge < -0.3 is 4.90 Å². The molecular weight excluding hydrogens is 262 g/mol. The average molecular weight is 283 g/mol. The van der Waals surface area contributed by atoms with Gasteiger partial charge in [0.05, 0.1) is 0 Å². The summed E-state index contributed by atoms with van der Waals surface area (Å²) in [6.45, 7) is 9.74. The van der Waals surface area contributed by atoms with E-state index in [0.717, 1.165) is 43.2 Å². The molecule has 0 atom stereocenters. The normalized spacial score (nSPS) is 17.2. The quantitative estimate of drug-likeness (QED) is 0.823. The molecule has 1 saturated heterocycles. The van der Waals surface area contributed by atoms with Crippen molar-refractivity contribution in [3.05, 3.63) is 20.7 Å². The SMILES string of the molecule is Cc1csc(=O)n1CC(=O)N1CCN(C(C)C)CC1. The van der Waals surface area contributed by atoms with Gasteiger partial charge in [-0.15, -0.1) is 0 Å². The van der Waals surface area contributed by atoms with E-state index in [2.05, 4.69) is 18.7 Å². The van der Waals surface area contributed by atoms with Gasteiger partial charge in [-0.3, -0.25) is 19.1 Å². The van der Waals surface area contributed by atoms with Crippen LogP contribution < -0.4 is 4.87 Å². The molecule has 5 nitrogen and oxygen atoms in total. The van der Waals surface area contributed by atoms with E-state index in [9.17, 15) is 9.59 Å². The number of piperazine rings is 1. The van der Waals surface area contributed by atoms with Crippen molar-refractivity contribution in [1.29, 1.82) is 0 Å². The summed E-state index contributed by atoms with van der Waals surface area (Å²) in [5.41, 5.74) is 0.865. The first kappa shape index (κ1) is 14.3. The Morgan fingerprint density at radius 1 is 1.32 bits per heavy atom. The highest BCUT2D eigenvalue weighted by Crippen LogP contribution is 2.07. The largest absolute Gasteiger partial charge is 0.339 e. The van der Waals surface area contributed by atoms with E-state index in [1.165, 1.54) is 0 Å². The molecule has 0 saturated carbocycles. The highest BCUT2D eigenvalue weighted by molar-refractivity contribution is 7.07. The van der Waals surface area contributed by atoms with Crippen LogP contribution in [-0.4, -0.2) is 52.5 Å². The maximum atomic E-state index is 12.2. The first-order valence-corrected chi connectivity index (χ1v) is 7.53. The van der Waals surface area contributed by atoms with Gasteiger partial charge in [-0.2, -0.15) is 0 Å². The maximum Gasteiger partial charge on any atom is 0.307 e. The van der Waals surface area contributed by atoms with Gasteiger partial charge >= 0.3 is 4.87 Å². The minimum atomic E-state index is -0.0494. The number of carbonyl (C=O) groups is 1. The van der Waals surface area contributed by atoms with Gasteiger partial charge in [0.15, 0.2) is 0 Å². The highest BCUT2D eigenvalue weighted by atomic mass is 32.1. The van der Waals surface area contributed by atoms with Crippen molar-refractivity contribution < 1.29 is 4.79 Å². The van der Waals surface area contributed by atoms with Gasteiger partial charge in [0.2, 0.25) is 5.91 Å². The molecule has 1 amide bonds. The summed E-state index contributed by atoms with van der Waals surface area (Å²) in [6, 6.07) is 0.527. The molecule has 2 rings (SSSR count). The summed E-state index contributed by atoms with van der Waals surface area (Å²) in [7, 11) is 0. The predicted octanol–water partition coefficient (Wildman–Crippen LogP) is 0.771. The third-order valence-corrected chi connectivity index (χ3v) is 4.55. The Balaban J connectivity index is 1.94. The number of nitrogens with zero attached hydrogens (tertiary/aromatic N) is 3. The second-order valence-electron chi connectivity index (χ2n) is 5.24. The Labute approximate surface area is 117 Å². The lowest BCUT2D eigenvalue weighted by Gasteiger charge is -2.37. The lowest BCUT2D eigenvalue weighted by atomic mass is 10.2. The number of carbonyl (C=O) groups excluding carboxylic acids is 1. The lowest BCUT2D eigenvalue weighted by Crippen LogP contribution is -2.51. The Bertz CT molecular complexity index is 498. The van der Waals surface area contributed by atoms with Crippen LogP contribution in [0.15, 0.2) is 10.2 Å². The Morgan fingerprint density at radius 2 is 1.95 bits per heavy atom. The number of aromatic nitrogens is 1. The summed E-state index contributed by atoms with van der Waals surface area (Å²) in [4.78, 5) is 28.0. The Kier molecular flexibility index (Phi) is 4.42. The molecular formula is C13H21N3O2S. The fraction of sp³-hybridized carbons (Fsp3) is 0.692. The van der Waals surface area contributed by atoms with E-state index < -0.39 is 0 Å². The number of rotatable bonds is 3. The van der Waals surface area contributed by atoms with Crippen LogP contribution in [0.4, 0.5) is 0 Å². The number of aryl methyl sites for hydroxylation is 1. The Morgan fingerprint density at radius 3 is 2.42 bits per heavy atom. The van der Waals surface area contributed by atoms with Crippen LogP contribution in [-0.2, 0) is 11.3 Å². The van der Waals surface area contributed by atoms with E-state index in [-0.39, 0.29) is 17.3 Å². The zero-order valence-electron chi connectivity index (χ0n) is 11.8. The van der Waals surface area contributed by atoms with Crippen molar-refractivity contribution in [1.82, 2.24) is 14.4 Å². The third-order valence-electron chi connectivity index (χ3n) is 3.67. The molecule has 0 N–H and O–H groups in total. The fourth-order valence-electron chi connectivity index (χ4n) is 2.32. The number of amides is 1. The minimum absolute atomic E-state index is 0.0482. The average Bonchev–Trinajstić information content (AvgIpc) is 2.70. The first-order chi connectivity index (χ1) is 8.99. The fourth-order valence-corrected chi connectivity index (χ4v) is 3.05. The standard InChI is InChI=1S/C13H21N3O2S/c1-10(2)14-4-6-15(7-5-14)12(17)8-16-11(3)9-19-13(16)18/h9-10H,4-8H2,1-3H3. The second kappa shape index (κ2) is 5.88. The van der Waals surface area contributed by atoms with Gasteiger partial charge in [-0.05, 0) is 20.8 Å². The number of thiazole rings is 1. The molecule has 0 spiro atoms. The second-order valence-corrected chi connectivity index (χ2v) is 6.06. The van der Waals surface area contributed by atoms with Gasteiger partial charge in [-0.1, -0.05) is 11.3 Å². The number of hydrogen-bond acceptors (Lipinski definition) is 4. The zero-order valence-corrected chi connectivity index (χ0v) is 12.6. The summed E-state index contributed by atoms with van der Waals surface area (Å²) in [5.74, 6) is 0.0482. The third kappa shape index (κ3) is 3.25. The molecule has 0 radical (unpaired) electrons. The molecule has 0 bridgehead atoms. The van der Waals surface area contributed by atoms with Crippen LogP contribution in [0, 0.1) is 6.92 Å². The molecule has 106 valence electrons. The predicted molar refractivity (Wildman–Crippen MR) is 76.6 cm³/mol. The summed E-state index contributed by atoms with van der Waals surface area (Å²) >= 11 is 1.15. The lowest BCUT2D eigenvalue weighted by molar-refractivity contribution is -0.133. The highest BCUT2D eigenvalue weighted by Gasteiger charge is 2.23. The molecule has 0 aromatic carbocycles. The zero-order chi connectivity index (χ0) is 14.0. The molecule has 19 heavy (non-hydrogen) atoms. The molecule has 1 aliphatic rings. The molecule has 6 heteroatoms. The van der Waals surface area contributed by atoms with Gasteiger partial charge in [0.25, 0.3) is 0 Å². The molecule has 0 aliphatic carbocycles. The van der Waals surface area contributed by atoms with Crippen LogP contribution in [0.1, 0.15) is 19.5 Å². The number of hydrogen-bond donors (Lipinski definition) is 0. The van der Waals surface area contributed by atoms with E-state index in [1.807, 2.05) is 11.8 Å². The summed E-state index contributed by atoms with van der Waals surface area (Å²) in [5, 5.41) is 1.80. The molecule has 1 aromatic rings. The van der Waals surface area contributed by atoms with Crippen molar-refractivity contribution >= 4 is 17.2 Å². The molecule has 2 heterocycles. The van der Waals surface area contributed by atoms with E-state index in [0.29, 0.717) is 6.04 Å². The van der Waals surface area contributed by atoms with Crippen molar-refractivity contribution in [2.75, 3.05) is 26.2 Å². The van der Waals surface area contributed by atoms with E-state index in [1.54, 1.807) is 9.95 Å². The van der Waals surface area contributed by atoms with Gasteiger partial charge in [0, 0.05) is 43.3 Å². The smallest absolute Gasteiger partial charge is 0.307 e. The Hall–Kier alpha value is -1.14. The van der Waals surface area contributed by atoms with Crippen LogP contribution in [0.3, 0.4) is 0 Å². The molecule has 1 fully saturated rings. The first-order valence-electron chi connectivity index (χ1n) is 6.66. The maximum absolute atomic E-state index is 12.2. The summed E-state index contributed by atoms with van der Waals surface area (Å²) in [6.07, 6.45) is 0. The van der Waals surface area contributed by atoms with E-state index >= 15 is 0 Å². The van der Waals surface area contributed by atoms with E-state index in [4.69, 9.17) is 0 Å². The van der Waals surface area contributed by atoms with Crippen molar-refractivity contribution in [2.24, 2.45) is 0 Å². The molecule has 1 aliphatic heterocycles. The van der Waals surface area contributed by atoms with Crippen LogP contribution in [0.25, 0.3) is 0 Å². The topological polar surface area (TPSA) is 45.6 Å². The molecule has 1 aromatic heterocycles. The van der Waals surface area contributed by atoms with Crippen molar-refractivity contribution in [2.45, 2.75) is 33.4 Å². The van der Waals surface area contributed by atoms with Gasteiger partial charge in [0.1, 0.15) is 6.54 Å². The van der Waals surface area contributed by atoms with Crippen molar-refractivity contribution in [3.63, 3.8) is 0 Å².